The number of halogens is 2. The molecule has 0 atom stereocenters. The third kappa shape index (κ3) is 4.44. The van der Waals surface area contributed by atoms with Crippen LogP contribution in [0.15, 0.2) is 60.8 Å². The molecule has 2 aromatic carbocycles. The van der Waals surface area contributed by atoms with Gasteiger partial charge >= 0.3 is 0 Å². The van der Waals surface area contributed by atoms with Gasteiger partial charge in [-0.3, -0.25) is 0 Å². The number of nitrogens with one attached hydrogen (secondary N) is 1. The van der Waals surface area contributed by atoms with E-state index < -0.39 is 11.6 Å². The van der Waals surface area contributed by atoms with E-state index in [1.165, 1.54) is 17.7 Å². The van der Waals surface area contributed by atoms with Crippen LogP contribution in [0.4, 0.5) is 26.2 Å². The van der Waals surface area contributed by atoms with E-state index in [4.69, 9.17) is 0 Å². The molecule has 144 valence electrons. The molecule has 0 spiro atoms. The maximum Gasteiger partial charge on any atom is 0.229 e. The van der Waals surface area contributed by atoms with Crippen molar-refractivity contribution in [3.63, 3.8) is 0 Å². The van der Waals surface area contributed by atoms with E-state index in [0.29, 0.717) is 11.9 Å². The second-order valence-electron chi connectivity index (χ2n) is 7.11. The van der Waals surface area contributed by atoms with E-state index in [0.717, 1.165) is 44.2 Å². The first-order chi connectivity index (χ1) is 13.7. The van der Waals surface area contributed by atoms with Gasteiger partial charge in [-0.25, -0.2) is 13.8 Å². The minimum atomic E-state index is -0.671. The van der Waals surface area contributed by atoms with Gasteiger partial charge in [-0.05, 0) is 48.9 Å². The summed E-state index contributed by atoms with van der Waals surface area (Å²) in [5.41, 5.74) is 1.54. The van der Waals surface area contributed by atoms with Gasteiger partial charge in [0.15, 0.2) is 0 Å². The molecule has 0 amide bonds. The summed E-state index contributed by atoms with van der Waals surface area (Å²) in [7, 11) is 0. The average Bonchev–Trinajstić information content (AvgIpc) is 2.72. The first-order valence-electron chi connectivity index (χ1n) is 9.51. The summed E-state index contributed by atoms with van der Waals surface area (Å²) in [6.45, 7) is 1.86. The van der Waals surface area contributed by atoms with Crippen LogP contribution in [0, 0.1) is 17.6 Å². The van der Waals surface area contributed by atoms with E-state index in [2.05, 4.69) is 44.5 Å². The molecule has 4 rings (SSSR count). The molecule has 1 saturated heterocycles. The van der Waals surface area contributed by atoms with E-state index >= 15 is 0 Å². The first-order valence-corrected chi connectivity index (χ1v) is 9.51. The molecule has 6 heteroatoms. The van der Waals surface area contributed by atoms with Crippen LogP contribution < -0.4 is 10.2 Å². The smallest absolute Gasteiger partial charge is 0.229 e. The van der Waals surface area contributed by atoms with Crippen LogP contribution in [0.25, 0.3) is 0 Å². The van der Waals surface area contributed by atoms with Crippen LogP contribution in [0.3, 0.4) is 0 Å². The summed E-state index contributed by atoms with van der Waals surface area (Å²) in [6, 6.07) is 15.8. The van der Waals surface area contributed by atoms with Crippen LogP contribution in [0.2, 0.25) is 0 Å². The summed E-state index contributed by atoms with van der Waals surface area (Å²) < 4.78 is 26.9. The minimum Gasteiger partial charge on any atom is -0.356 e. The second kappa shape index (κ2) is 8.33. The van der Waals surface area contributed by atoms with Crippen LogP contribution in [-0.4, -0.2) is 23.1 Å². The Bertz CT molecular complexity index is 925. The Labute approximate surface area is 163 Å². The lowest BCUT2D eigenvalue weighted by Gasteiger charge is -2.33. The molecule has 1 N–H and O–H groups in total. The van der Waals surface area contributed by atoms with Gasteiger partial charge in [-0.2, -0.15) is 4.98 Å². The highest BCUT2D eigenvalue weighted by Gasteiger charge is 2.21. The van der Waals surface area contributed by atoms with Crippen molar-refractivity contribution in [1.82, 2.24) is 9.97 Å². The number of piperidine rings is 1. The molecule has 0 aliphatic carbocycles. The number of rotatable bonds is 5. The van der Waals surface area contributed by atoms with Crippen molar-refractivity contribution in [2.45, 2.75) is 19.3 Å². The third-order valence-electron chi connectivity index (χ3n) is 5.12. The molecule has 1 fully saturated rings. The molecule has 2 heterocycles. The summed E-state index contributed by atoms with van der Waals surface area (Å²) in [4.78, 5) is 10.9. The SMILES string of the molecule is Fc1ccc(Nc2nccc(N3CCC(Cc4ccccc4)CC3)n2)c(F)c1. The van der Waals surface area contributed by atoms with Crippen molar-refractivity contribution in [3.05, 3.63) is 78.0 Å². The number of nitrogens with zero attached hydrogens (tertiary/aromatic N) is 3. The van der Waals surface area contributed by atoms with Gasteiger partial charge in [-0.1, -0.05) is 30.3 Å². The van der Waals surface area contributed by atoms with Crippen LogP contribution in [0.5, 0.6) is 0 Å². The average molecular weight is 380 g/mol. The highest BCUT2D eigenvalue weighted by atomic mass is 19.1. The summed E-state index contributed by atoms with van der Waals surface area (Å²) in [5.74, 6) is 0.505. The fourth-order valence-electron chi connectivity index (χ4n) is 3.61. The van der Waals surface area contributed by atoms with Crippen LogP contribution in [0.1, 0.15) is 18.4 Å². The molecule has 0 radical (unpaired) electrons. The van der Waals surface area contributed by atoms with Gasteiger partial charge in [-0.15, -0.1) is 0 Å². The van der Waals surface area contributed by atoms with Gasteiger partial charge < -0.3 is 10.2 Å². The quantitative estimate of drug-likeness (QED) is 0.679. The highest BCUT2D eigenvalue weighted by Crippen LogP contribution is 2.26. The topological polar surface area (TPSA) is 41.1 Å². The predicted octanol–water partition coefficient (Wildman–Crippen LogP) is 4.96. The van der Waals surface area contributed by atoms with Gasteiger partial charge in [0.2, 0.25) is 5.95 Å². The molecule has 0 unspecified atom stereocenters. The Hall–Kier alpha value is -3.02. The van der Waals surface area contributed by atoms with Crippen molar-refractivity contribution in [2.75, 3.05) is 23.3 Å². The molecule has 0 bridgehead atoms. The molecule has 28 heavy (non-hydrogen) atoms. The standard InChI is InChI=1S/C22H22F2N4/c23-18-6-7-20(19(24)15-18)26-22-25-11-8-21(27-22)28-12-9-17(10-13-28)14-16-4-2-1-3-5-16/h1-8,11,15,17H,9-10,12-14H2,(H,25,26,27). The molecule has 1 aliphatic heterocycles. The highest BCUT2D eigenvalue weighted by molar-refractivity contribution is 5.55. The summed E-state index contributed by atoms with van der Waals surface area (Å²) >= 11 is 0. The number of benzene rings is 2. The molecular formula is C22H22F2N4. The largest absolute Gasteiger partial charge is 0.356 e. The van der Waals surface area contributed by atoms with Crippen LogP contribution >= 0.6 is 0 Å². The Morgan fingerprint density at radius 1 is 1.00 bits per heavy atom. The molecule has 0 saturated carbocycles. The Balaban J connectivity index is 1.38. The molecule has 4 nitrogen and oxygen atoms in total. The van der Waals surface area contributed by atoms with Crippen molar-refractivity contribution >= 4 is 17.5 Å². The van der Waals surface area contributed by atoms with Crippen molar-refractivity contribution in [3.8, 4) is 0 Å². The maximum absolute atomic E-state index is 13.8. The van der Waals surface area contributed by atoms with Gasteiger partial charge in [0.05, 0.1) is 5.69 Å². The summed E-state index contributed by atoms with van der Waals surface area (Å²) in [6.07, 6.45) is 4.97. The van der Waals surface area contributed by atoms with Gasteiger partial charge in [0, 0.05) is 25.4 Å². The van der Waals surface area contributed by atoms with Gasteiger partial charge in [0.1, 0.15) is 17.5 Å². The number of hydrogen-bond acceptors (Lipinski definition) is 4. The van der Waals surface area contributed by atoms with E-state index in [1.54, 1.807) is 6.20 Å². The fraction of sp³-hybridized carbons (Fsp3) is 0.273. The Kier molecular flexibility index (Phi) is 5.46. The first kappa shape index (κ1) is 18.3. The second-order valence-corrected chi connectivity index (χ2v) is 7.11. The monoisotopic (exact) mass is 380 g/mol. The lowest BCUT2D eigenvalue weighted by Crippen LogP contribution is -2.35. The van der Waals surface area contributed by atoms with Gasteiger partial charge in [0.25, 0.3) is 0 Å². The number of aromatic nitrogens is 2. The molecular weight excluding hydrogens is 358 g/mol. The van der Waals surface area contributed by atoms with E-state index in [1.807, 2.05) is 12.1 Å². The van der Waals surface area contributed by atoms with E-state index in [9.17, 15) is 8.78 Å². The zero-order chi connectivity index (χ0) is 19.3. The number of hydrogen-bond donors (Lipinski definition) is 1. The van der Waals surface area contributed by atoms with Crippen LogP contribution in [-0.2, 0) is 6.42 Å². The maximum atomic E-state index is 13.8. The Morgan fingerprint density at radius 3 is 2.54 bits per heavy atom. The summed E-state index contributed by atoms with van der Waals surface area (Å²) in [5, 5.41) is 2.83. The number of anilines is 3. The molecule has 3 aromatic rings. The predicted molar refractivity (Wildman–Crippen MR) is 107 cm³/mol. The van der Waals surface area contributed by atoms with Crippen molar-refractivity contribution in [2.24, 2.45) is 5.92 Å². The normalized spacial score (nSPS) is 14.9. The third-order valence-corrected chi connectivity index (χ3v) is 5.12. The lowest BCUT2D eigenvalue weighted by atomic mass is 9.90. The zero-order valence-corrected chi connectivity index (χ0v) is 15.5. The molecule has 1 aromatic heterocycles. The lowest BCUT2D eigenvalue weighted by molar-refractivity contribution is 0.402. The fourth-order valence-corrected chi connectivity index (χ4v) is 3.61. The Morgan fingerprint density at radius 2 is 1.79 bits per heavy atom. The van der Waals surface area contributed by atoms with Crippen molar-refractivity contribution in [1.29, 1.82) is 0 Å². The zero-order valence-electron chi connectivity index (χ0n) is 15.5. The molecule has 1 aliphatic rings. The van der Waals surface area contributed by atoms with E-state index in [-0.39, 0.29) is 5.69 Å². The van der Waals surface area contributed by atoms with Crippen molar-refractivity contribution < 1.29 is 8.78 Å². The minimum absolute atomic E-state index is 0.153.